The lowest BCUT2D eigenvalue weighted by molar-refractivity contribution is 0.303. The Morgan fingerprint density at radius 1 is 1.44 bits per heavy atom. The zero-order chi connectivity index (χ0) is 12.1. The zero-order valence-electron chi connectivity index (χ0n) is 9.37. The Labute approximate surface area is 106 Å². The van der Waals surface area contributed by atoms with Gasteiger partial charge in [0.2, 0.25) is 0 Å². The van der Waals surface area contributed by atoms with Crippen molar-refractivity contribution in [1.82, 2.24) is 4.90 Å². The highest BCUT2D eigenvalue weighted by atomic mass is 35.5. The maximum Gasteiger partial charge on any atom is 0.0666 e. The highest BCUT2D eigenvalue weighted by Gasteiger charge is 2.08. The van der Waals surface area contributed by atoms with Crippen LogP contribution < -0.4 is 0 Å². The normalized spacial score (nSPS) is 12.5. The molecule has 0 saturated carbocycles. The van der Waals surface area contributed by atoms with Crippen molar-refractivity contribution in [3.8, 4) is 6.07 Å². The largest absolute Gasteiger partial charge is 0.301 e. The van der Waals surface area contributed by atoms with Gasteiger partial charge in [-0.15, -0.1) is 0 Å². The highest BCUT2D eigenvalue weighted by Crippen LogP contribution is 2.21. The molecule has 1 rings (SSSR count). The Balaban J connectivity index is 2.66. The summed E-state index contributed by atoms with van der Waals surface area (Å²) in [6.07, 6.45) is 0. The molecule has 0 bridgehead atoms. The molecule has 0 saturated heterocycles. The zero-order valence-corrected chi connectivity index (χ0v) is 10.9. The van der Waals surface area contributed by atoms with E-state index in [0.29, 0.717) is 16.6 Å². The van der Waals surface area contributed by atoms with Gasteiger partial charge in [0.05, 0.1) is 12.0 Å². The average Bonchev–Trinajstić information content (AvgIpc) is 2.23. The second-order valence-corrected chi connectivity index (χ2v) is 4.81. The predicted octanol–water partition coefficient (Wildman–Crippen LogP) is 3.58. The molecule has 0 aliphatic heterocycles. The average molecular weight is 257 g/mol. The molecule has 0 radical (unpaired) electrons. The van der Waals surface area contributed by atoms with E-state index in [2.05, 4.69) is 11.0 Å². The molecule has 0 aliphatic carbocycles. The molecule has 0 aliphatic rings. The Kier molecular flexibility index (Phi) is 5.08. The van der Waals surface area contributed by atoms with Gasteiger partial charge in [0.15, 0.2) is 0 Å². The number of nitriles is 1. The molecule has 0 fully saturated rings. The van der Waals surface area contributed by atoms with E-state index >= 15 is 0 Å². The van der Waals surface area contributed by atoms with Crippen molar-refractivity contribution >= 4 is 23.2 Å². The van der Waals surface area contributed by atoms with Gasteiger partial charge in [-0.05, 0) is 37.7 Å². The number of benzene rings is 1. The minimum Gasteiger partial charge on any atom is -0.301 e. The maximum atomic E-state index is 8.72. The van der Waals surface area contributed by atoms with Crippen LogP contribution in [-0.2, 0) is 6.54 Å². The monoisotopic (exact) mass is 256 g/mol. The fourth-order valence-electron chi connectivity index (χ4n) is 1.53. The van der Waals surface area contributed by atoms with E-state index in [0.717, 1.165) is 12.1 Å². The standard InChI is InChI=1S/C12H14Cl2N2/c1-9(6-15)7-16(2)8-10-5-11(13)3-4-12(10)14/h3-5,9H,7-8H2,1-2H3. The first kappa shape index (κ1) is 13.3. The van der Waals surface area contributed by atoms with Crippen molar-refractivity contribution in [2.45, 2.75) is 13.5 Å². The van der Waals surface area contributed by atoms with Crippen LogP contribution in [0, 0.1) is 17.2 Å². The van der Waals surface area contributed by atoms with Crippen molar-refractivity contribution < 1.29 is 0 Å². The molecule has 0 spiro atoms. The molecule has 1 aromatic carbocycles. The molecule has 0 aromatic heterocycles. The fourth-order valence-corrected chi connectivity index (χ4v) is 1.90. The molecule has 1 atom stereocenters. The lowest BCUT2D eigenvalue weighted by Gasteiger charge is -2.18. The summed E-state index contributed by atoms with van der Waals surface area (Å²) >= 11 is 12.0. The van der Waals surface area contributed by atoms with Crippen LogP contribution in [0.25, 0.3) is 0 Å². The van der Waals surface area contributed by atoms with Crippen LogP contribution in [0.1, 0.15) is 12.5 Å². The van der Waals surface area contributed by atoms with Crippen LogP contribution in [0.4, 0.5) is 0 Å². The van der Waals surface area contributed by atoms with E-state index < -0.39 is 0 Å². The first-order valence-corrected chi connectivity index (χ1v) is 5.80. The Morgan fingerprint density at radius 2 is 2.12 bits per heavy atom. The van der Waals surface area contributed by atoms with Gasteiger partial charge < -0.3 is 4.90 Å². The van der Waals surface area contributed by atoms with Gasteiger partial charge in [0, 0.05) is 23.1 Å². The molecule has 16 heavy (non-hydrogen) atoms. The predicted molar refractivity (Wildman–Crippen MR) is 67.6 cm³/mol. The topological polar surface area (TPSA) is 27.0 Å². The summed E-state index contributed by atoms with van der Waals surface area (Å²) in [6.45, 7) is 3.32. The number of halogens is 2. The third-order valence-electron chi connectivity index (χ3n) is 2.25. The van der Waals surface area contributed by atoms with Gasteiger partial charge in [0.25, 0.3) is 0 Å². The molecular formula is C12H14Cl2N2. The molecule has 4 heteroatoms. The summed E-state index contributed by atoms with van der Waals surface area (Å²) in [5.74, 6) is 0.0166. The van der Waals surface area contributed by atoms with Gasteiger partial charge in [-0.3, -0.25) is 0 Å². The summed E-state index contributed by atoms with van der Waals surface area (Å²) < 4.78 is 0. The van der Waals surface area contributed by atoms with Crippen LogP contribution >= 0.6 is 23.2 Å². The first-order valence-electron chi connectivity index (χ1n) is 5.05. The summed E-state index contributed by atoms with van der Waals surface area (Å²) in [6, 6.07) is 7.63. The Hall–Kier alpha value is -0.750. The lowest BCUT2D eigenvalue weighted by atomic mass is 10.1. The molecule has 0 N–H and O–H groups in total. The van der Waals surface area contributed by atoms with Crippen molar-refractivity contribution in [1.29, 1.82) is 5.26 Å². The molecule has 0 heterocycles. The second kappa shape index (κ2) is 6.10. The number of hydrogen-bond acceptors (Lipinski definition) is 2. The van der Waals surface area contributed by atoms with E-state index in [-0.39, 0.29) is 5.92 Å². The third kappa shape index (κ3) is 4.02. The maximum absolute atomic E-state index is 8.72. The number of hydrogen-bond donors (Lipinski definition) is 0. The first-order chi connectivity index (χ1) is 7.52. The van der Waals surface area contributed by atoms with E-state index in [1.807, 2.05) is 20.0 Å². The summed E-state index contributed by atoms with van der Waals surface area (Å²) in [5.41, 5.74) is 0.988. The second-order valence-electron chi connectivity index (χ2n) is 3.96. The van der Waals surface area contributed by atoms with Crippen LogP contribution in [-0.4, -0.2) is 18.5 Å². The minimum absolute atomic E-state index is 0.0166. The summed E-state index contributed by atoms with van der Waals surface area (Å²) in [4.78, 5) is 2.06. The number of rotatable bonds is 4. The van der Waals surface area contributed by atoms with E-state index in [1.54, 1.807) is 12.1 Å². The van der Waals surface area contributed by atoms with E-state index in [4.69, 9.17) is 28.5 Å². The fraction of sp³-hybridized carbons (Fsp3) is 0.417. The van der Waals surface area contributed by atoms with Gasteiger partial charge >= 0.3 is 0 Å². The molecular weight excluding hydrogens is 243 g/mol. The molecule has 0 amide bonds. The highest BCUT2D eigenvalue weighted by molar-refractivity contribution is 6.33. The SMILES string of the molecule is CC(C#N)CN(C)Cc1cc(Cl)ccc1Cl. The van der Waals surface area contributed by atoms with Crippen LogP contribution in [0.5, 0.6) is 0 Å². The minimum atomic E-state index is 0.0166. The van der Waals surface area contributed by atoms with Crippen molar-refractivity contribution in [3.05, 3.63) is 33.8 Å². The van der Waals surface area contributed by atoms with Crippen LogP contribution in [0.2, 0.25) is 10.0 Å². The third-order valence-corrected chi connectivity index (χ3v) is 2.86. The Bertz CT molecular complexity index is 398. The van der Waals surface area contributed by atoms with Gasteiger partial charge in [-0.2, -0.15) is 5.26 Å². The van der Waals surface area contributed by atoms with Crippen molar-refractivity contribution in [2.75, 3.05) is 13.6 Å². The summed E-state index contributed by atoms with van der Waals surface area (Å²) in [5, 5.41) is 10.1. The Morgan fingerprint density at radius 3 is 2.75 bits per heavy atom. The van der Waals surface area contributed by atoms with Crippen molar-refractivity contribution in [2.24, 2.45) is 5.92 Å². The smallest absolute Gasteiger partial charge is 0.0666 e. The van der Waals surface area contributed by atoms with Gasteiger partial charge in [0.1, 0.15) is 0 Å². The van der Waals surface area contributed by atoms with Gasteiger partial charge in [-0.25, -0.2) is 0 Å². The van der Waals surface area contributed by atoms with Crippen LogP contribution in [0.15, 0.2) is 18.2 Å². The molecule has 86 valence electrons. The van der Waals surface area contributed by atoms with Crippen LogP contribution in [0.3, 0.4) is 0 Å². The molecule has 2 nitrogen and oxygen atoms in total. The lowest BCUT2D eigenvalue weighted by Crippen LogP contribution is -2.23. The van der Waals surface area contributed by atoms with Gasteiger partial charge in [-0.1, -0.05) is 23.2 Å². The summed E-state index contributed by atoms with van der Waals surface area (Å²) in [7, 11) is 1.96. The number of nitrogens with zero attached hydrogens (tertiary/aromatic N) is 2. The quantitative estimate of drug-likeness (QED) is 0.824. The molecule has 1 unspecified atom stereocenters. The van der Waals surface area contributed by atoms with Crippen molar-refractivity contribution in [3.63, 3.8) is 0 Å². The molecule has 1 aromatic rings. The van der Waals surface area contributed by atoms with E-state index in [9.17, 15) is 0 Å². The van der Waals surface area contributed by atoms with E-state index in [1.165, 1.54) is 0 Å².